The highest BCUT2D eigenvalue weighted by molar-refractivity contribution is 5.75. The molecule has 4 rings (SSSR count). The largest absolute Gasteiger partial charge is 0.383 e. The monoisotopic (exact) mass is 371 g/mol. The Balaban J connectivity index is 1.74. The lowest BCUT2D eigenvalue weighted by Crippen LogP contribution is -2.21. The maximum atomic E-state index is 14.3. The number of anilines is 1. The van der Waals surface area contributed by atoms with Crippen molar-refractivity contribution in [1.29, 1.82) is 0 Å². The van der Waals surface area contributed by atoms with Crippen molar-refractivity contribution in [2.75, 3.05) is 5.73 Å². The Labute approximate surface area is 154 Å². The lowest BCUT2D eigenvalue weighted by atomic mass is 9.91. The molecule has 7 nitrogen and oxygen atoms in total. The van der Waals surface area contributed by atoms with Crippen molar-refractivity contribution < 1.29 is 8.78 Å². The number of hydrogen-bond donors (Lipinski definition) is 2. The summed E-state index contributed by atoms with van der Waals surface area (Å²) in [6.45, 7) is 0. The van der Waals surface area contributed by atoms with E-state index in [0.29, 0.717) is 5.56 Å². The van der Waals surface area contributed by atoms with E-state index in [1.165, 1.54) is 4.68 Å². The quantitative estimate of drug-likeness (QED) is 0.859. The second-order valence-electron chi connectivity index (χ2n) is 6.72. The summed E-state index contributed by atoms with van der Waals surface area (Å²) >= 11 is 0. The number of hydrogen-bond acceptors (Lipinski definition) is 6. The lowest BCUT2D eigenvalue weighted by Gasteiger charge is -2.20. The molecule has 0 aliphatic heterocycles. The molecular formula is C18H19F2N7. The Morgan fingerprint density at radius 1 is 1.22 bits per heavy atom. The molecule has 0 bridgehead atoms. The van der Waals surface area contributed by atoms with Crippen LogP contribution in [0, 0.1) is 0 Å². The molecule has 2 atom stereocenters. The minimum absolute atomic E-state index is 0.172. The lowest BCUT2D eigenvalue weighted by molar-refractivity contribution is 0.389. The number of allylic oxidation sites excluding steroid dienone is 5. The molecular weight excluding hydrogens is 352 g/mol. The van der Waals surface area contributed by atoms with Crippen LogP contribution in [0.2, 0.25) is 0 Å². The van der Waals surface area contributed by atoms with Crippen LogP contribution in [0.5, 0.6) is 0 Å². The fourth-order valence-electron chi connectivity index (χ4n) is 3.38. The summed E-state index contributed by atoms with van der Waals surface area (Å²) in [5.41, 5.74) is 14.5. The minimum Gasteiger partial charge on any atom is -0.383 e. The van der Waals surface area contributed by atoms with Crippen LogP contribution in [0.3, 0.4) is 0 Å². The Kier molecular flexibility index (Phi) is 4.53. The van der Waals surface area contributed by atoms with Crippen molar-refractivity contribution in [2.24, 2.45) is 5.73 Å². The SMILES string of the molecule is Nc1ncc(C2=CCC(N)CC2)cc1-c1nnnn1C1CC=CC(F)=C1F. The number of rotatable bonds is 3. The Hall–Kier alpha value is -2.94. The summed E-state index contributed by atoms with van der Waals surface area (Å²) < 4.78 is 29.2. The van der Waals surface area contributed by atoms with Crippen LogP contribution in [0.1, 0.15) is 37.3 Å². The predicted octanol–water partition coefficient (Wildman–Crippen LogP) is 2.86. The van der Waals surface area contributed by atoms with Gasteiger partial charge in [-0.2, -0.15) is 0 Å². The van der Waals surface area contributed by atoms with Gasteiger partial charge in [0.05, 0.1) is 5.56 Å². The number of pyridine rings is 1. The molecule has 140 valence electrons. The Morgan fingerprint density at radius 2 is 2.07 bits per heavy atom. The van der Waals surface area contributed by atoms with Crippen LogP contribution in [-0.2, 0) is 0 Å². The molecule has 0 fully saturated rings. The van der Waals surface area contributed by atoms with Gasteiger partial charge >= 0.3 is 0 Å². The molecule has 2 heterocycles. The van der Waals surface area contributed by atoms with E-state index in [9.17, 15) is 8.78 Å². The fourth-order valence-corrected chi connectivity index (χ4v) is 3.38. The average molecular weight is 371 g/mol. The molecule has 2 aliphatic carbocycles. The zero-order valence-electron chi connectivity index (χ0n) is 14.5. The fraction of sp³-hybridized carbons (Fsp3) is 0.333. The van der Waals surface area contributed by atoms with Crippen LogP contribution >= 0.6 is 0 Å². The van der Waals surface area contributed by atoms with E-state index >= 15 is 0 Å². The van der Waals surface area contributed by atoms with Gasteiger partial charge in [0.15, 0.2) is 17.5 Å². The number of aromatic nitrogens is 5. The van der Waals surface area contributed by atoms with Gasteiger partial charge in [-0.3, -0.25) is 0 Å². The van der Waals surface area contributed by atoms with Crippen LogP contribution in [0.15, 0.2) is 42.1 Å². The van der Waals surface area contributed by atoms with Gasteiger partial charge in [-0.05, 0) is 59.4 Å². The minimum atomic E-state index is -0.949. The maximum absolute atomic E-state index is 14.3. The smallest absolute Gasteiger partial charge is 0.186 e. The first kappa shape index (κ1) is 17.5. The van der Waals surface area contributed by atoms with Crippen LogP contribution in [0.4, 0.5) is 14.6 Å². The highest BCUT2D eigenvalue weighted by Crippen LogP contribution is 2.35. The average Bonchev–Trinajstić information content (AvgIpc) is 3.14. The summed E-state index contributed by atoms with van der Waals surface area (Å²) in [7, 11) is 0. The van der Waals surface area contributed by atoms with Gasteiger partial charge in [-0.1, -0.05) is 12.2 Å². The van der Waals surface area contributed by atoms with E-state index < -0.39 is 17.7 Å². The van der Waals surface area contributed by atoms with Gasteiger partial charge in [-0.25, -0.2) is 18.4 Å². The first-order valence-electron chi connectivity index (χ1n) is 8.75. The van der Waals surface area contributed by atoms with Gasteiger partial charge in [0, 0.05) is 12.2 Å². The van der Waals surface area contributed by atoms with Crippen LogP contribution in [-0.4, -0.2) is 31.2 Å². The first-order chi connectivity index (χ1) is 13.0. The molecule has 2 aromatic heterocycles. The van der Waals surface area contributed by atoms with Crippen molar-refractivity contribution >= 4 is 11.4 Å². The van der Waals surface area contributed by atoms with E-state index in [-0.39, 0.29) is 24.1 Å². The summed E-state index contributed by atoms with van der Waals surface area (Å²) in [5.74, 6) is -1.36. The van der Waals surface area contributed by atoms with E-state index in [2.05, 4.69) is 26.6 Å². The zero-order valence-corrected chi connectivity index (χ0v) is 14.5. The number of halogens is 2. The molecule has 0 aromatic carbocycles. The molecule has 4 N–H and O–H groups in total. The summed E-state index contributed by atoms with van der Waals surface area (Å²) in [6, 6.07) is 1.06. The second kappa shape index (κ2) is 6.99. The summed E-state index contributed by atoms with van der Waals surface area (Å²) in [4.78, 5) is 4.25. The summed E-state index contributed by atoms with van der Waals surface area (Å²) in [6.07, 6.45) is 9.22. The van der Waals surface area contributed by atoms with Gasteiger partial charge in [0.1, 0.15) is 11.9 Å². The van der Waals surface area contributed by atoms with Crippen molar-refractivity contribution in [3.63, 3.8) is 0 Å². The highest BCUT2D eigenvalue weighted by atomic mass is 19.2. The topological polar surface area (TPSA) is 109 Å². The van der Waals surface area contributed by atoms with Crippen molar-refractivity contribution in [3.05, 3.63) is 47.7 Å². The Bertz CT molecular complexity index is 960. The molecule has 0 radical (unpaired) electrons. The number of tetrazole rings is 1. The number of nitrogen functional groups attached to an aromatic ring is 1. The van der Waals surface area contributed by atoms with Crippen LogP contribution < -0.4 is 11.5 Å². The molecule has 0 saturated carbocycles. The third kappa shape index (κ3) is 3.25. The Morgan fingerprint density at radius 3 is 2.85 bits per heavy atom. The predicted molar refractivity (Wildman–Crippen MR) is 97.3 cm³/mol. The molecule has 27 heavy (non-hydrogen) atoms. The standard InChI is InChI=1S/C18H19F2N7/c19-14-2-1-3-15(16(14)20)27-18(24-25-26-27)13-8-11(9-23-17(13)22)10-4-6-12(21)7-5-10/h1-2,4,8-9,12,15H,3,5-7,21H2,(H2,22,23). The molecule has 2 aliphatic rings. The molecule has 0 saturated heterocycles. The van der Waals surface area contributed by atoms with Crippen molar-refractivity contribution in [3.8, 4) is 11.4 Å². The van der Waals surface area contributed by atoms with Gasteiger partial charge in [0.2, 0.25) is 0 Å². The third-order valence-electron chi connectivity index (χ3n) is 4.91. The van der Waals surface area contributed by atoms with Crippen molar-refractivity contribution in [1.82, 2.24) is 25.2 Å². The van der Waals surface area contributed by atoms with Crippen LogP contribution in [0.25, 0.3) is 17.0 Å². The number of nitrogens with zero attached hydrogens (tertiary/aromatic N) is 5. The van der Waals surface area contributed by atoms with Crippen molar-refractivity contribution in [2.45, 2.75) is 37.8 Å². The summed E-state index contributed by atoms with van der Waals surface area (Å²) in [5, 5.41) is 11.5. The van der Waals surface area contributed by atoms with E-state index in [1.807, 2.05) is 6.07 Å². The van der Waals surface area contributed by atoms with E-state index in [1.54, 1.807) is 12.3 Å². The molecule has 2 aromatic rings. The molecule has 0 amide bonds. The molecule has 9 heteroatoms. The second-order valence-corrected chi connectivity index (χ2v) is 6.72. The highest BCUT2D eigenvalue weighted by Gasteiger charge is 2.28. The molecule has 0 spiro atoms. The maximum Gasteiger partial charge on any atom is 0.186 e. The van der Waals surface area contributed by atoms with Gasteiger partial charge in [-0.15, -0.1) is 5.10 Å². The van der Waals surface area contributed by atoms with E-state index in [0.717, 1.165) is 36.5 Å². The third-order valence-corrected chi connectivity index (χ3v) is 4.91. The zero-order chi connectivity index (χ0) is 19.0. The number of nitrogens with two attached hydrogens (primary N) is 2. The molecule has 2 unspecified atom stereocenters. The van der Waals surface area contributed by atoms with E-state index in [4.69, 9.17) is 11.5 Å². The van der Waals surface area contributed by atoms with Gasteiger partial charge in [0.25, 0.3) is 0 Å². The first-order valence-corrected chi connectivity index (χ1v) is 8.75. The van der Waals surface area contributed by atoms with Gasteiger partial charge < -0.3 is 11.5 Å². The normalized spacial score (nSPS) is 22.9.